The number of amides is 4. The van der Waals surface area contributed by atoms with Crippen LogP contribution in [0.3, 0.4) is 0 Å². The summed E-state index contributed by atoms with van der Waals surface area (Å²) in [5.41, 5.74) is 8.71. The maximum absolute atomic E-state index is 14.3. The van der Waals surface area contributed by atoms with Gasteiger partial charge in [0.1, 0.15) is 17.7 Å². The maximum Gasteiger partial charge on any atom is 0.408 e. The van der Waals surface area contributed by atoms with Gasteiger partial charge in [0.05, 0.1) is 6.42 Å². The molecule has 9 nitrogen and oxygen atoms in total. The molecule has 9 heteroatoms. The molecule has 2 unspecified atom stereocenters. The van der Waals surface area contributed by atoms with E-state index in [0.717, 1.165) is 22.3 Å². The fourth-order valence-corrected chi connectivity index (χ4v) is 4.42. The molecule has 4 N–H and O–H groups in total. The number of para-hydroxylation sites is 1. The first-order valence-corrected chi connectivity index (χ1v) is 13.4. The van der Waals surface area contributed by atoms with E-state index in [0.29, 0.717) is 11.3 Å². The Labute approximate surface area is 237 Å². The van der Waals surface area contributed by atoms with Crippen LogP contribution in [0.25, 0.3) is 0 Å². The molecule has 0 heterocycles. The topological polar surface area (TPSA) is 131 Å². The van der Waals surface area contributed by atoms with Gasteiger partial charge in [0.15, 0.2) is 0 Å². The molecule has 218 valence electrons. The number of aryl methyl sites for hydroxylation is 4. The van der Waals surface area contributed by atoms with Crippen molar-refractivity contribution in [1.29, 1.82) is 0 Å². The highest BCUT2D eigenvalue weighted by Crippen LogP contribution is 2.33. The zero-order chi connectivity index (χ0) is 30.6. The lowest BCUT2D eigenvalue weighted by Crippen LogP contribution is -2.58. The molecular formula is C31H44N4O5. The van der Waals surface area contributed by atoms with E-state index in [9.17, 15) is 19.2 Å². The number of rotatable bonds is 8. The van der Waals surface area contributed by atoms with Gasteiger partial charge >= 0.3 is 6.09 Å². The number of anilines is 1. The third-order valence-corrected chi connectivity index (χ3v) is 6.44. The summed E-state index contributed by atoms with van der Waals surface area (Å²) in [7, 11) is 0. The number of carbonyl (C=O) groups excluding carboxylic acids is 4. The Hall–Kier alpha value is -3.88. The molecule has 4 amide bonds. The summed E-state index contributed by atoms with van der Waals surface area (Å²) in [6, 6.07) is 8.84. The standard InChI is InChI=1S/C31H44N4O5/c1-18-14-15-22(16-21(18)4)26(27(37)34-25-19(2)12-11-13-20(25)3)35(30(5,6)7)28(38)23(17-24(32)36)33-29(39)40-31(8,9)10/h11-16,23,26H,17H2,1-10H3,(H2,32,36)(H,33,39)(H,34,37). The van der Waals surface area contributed by atoms with Gasteiger partial charge in [-0.1, -0.05) is 36.4 Å². The predicted octanol–water partition coefficient (Wildman–Crippen LogP) is 5.00. The van der Waals surface area contributed by atoms with Gasteiger partial charge in [-0.25, -0.2) is 4.79 Å². The number of primary amides is 1. The van der Waals surface area contributed by atoms with Crippen LogP contribution >= 0.6 is 0 Å². The number of nitrogens with one attached hydrogen (secondary N) is 2. The number of benzene rings is 2. The van der Waals surface area contributed by atoms with E-state index in [1.54, 1.807) is 41.5 Å². The van der Waals surface area contributed by atoms with Crippen LogP contribution in [-0.4, -0.2) is 45.9 Å². The Kier molecular flexibility index (Phi) is 10.1. The van der Waals surface area contributed by atoms with Crippen molar-refractivity contribution in [1.82, 2.24) is 10.2 Å². The van der Waals surface area contributed by atoms with E-state index in [1.807, 2.05) is 64.1 Å². The van der Waals surface area contributed by atoms with Crippen molar-refractivity contribution in [3.05, 3.63) is 64.2 Å². The average Bonchev–Trinajstić information content (AvgIpc) is 2.78. The summed E-state index contributed by atoms with van der Waals surface area (Å²) < 4.78 is 5.34. The van der Waals surface area contributed by atoms with E-state index in [4.69, 9.17) is 10.5 Å². The Morgan fingerprint density at radius 1 is 0.875 bits per heavy atom. The first kappa shape index (κ1) is 32.3. The second kappa shape index (κ2) is 12.5. The summed E-state index contributed by atoms with van der Waals surface area (Å²) in [4.78, 5) is 54.5. The summed E-state index contributed by atoms with van der Waals surface area (Å²) in [6.45, 7) is 18.1. The zero-order valence-electron chi connectivity index (χ0n) is 25.4. The van der Waals surface area contributed by atoms with Crippen LogP contribution < -0.4 is 16.4 Å². The van der Waals surface area contributed by atoms with Crippen LogP contribution in [0, 0.1) is 27.7 Å². The molecule has 2 aromatic rings. The van der Waals surface area contributed by atoms with Crippen molar-refractivity contribution < 1.29 is 23.9 Å². The number of nitrogens with zero attached hydrogens (tertiary/aromatic N) is 1. The van der Waals surface area contributed by atoms with Crippen LogP contribution in [0.5, 0.6) is 0 Å². The molecule has 2 aromatic carbocycles. The van der Waals surface area contributed by atoms with Gasteiger partial charge in [0.2, 0.25) is 11.8 Å². The summed E-state index contributed by atoms with van der Waals surface area (Å²) >= 11 is 0. The molecule has 0 saturated carbocycles. The van der Waals surface area contributed by atoms with E-state index in [1.165, 1.54) is 4.90 Å². The number of nitrogens with two attached hydrogens (primary N) is 1. The van der Waals surface area contributed by atoms with Gasteiger partial charge in [-0.3, -0.25) is 14.4 Å². The molecule has 0 spiro atoms. The van der Waals surface area contributed by atoms with Gasteiger partial charge in [-0.05, 0) is 97.1 Å². The lowest BCUT2D eigenvalue weighted by atomic mass is 9.93. The molecule has 0 aliphatic carbocycles. The van der Waals surface area contributed by atoms with Gasteiger partial charge in [0, 0.05) is 11.2 Å². The highest BCUT2D eigenvalue weighted by molar-refractivity contribution is 6.00. The first-order chi connectivity index (χ1) is 18.3. The van der Waals surface area contributed by atoms with E-state index in [-0.39, 0.29) is 0 Å². The minimum Gasteiger partial charge on any atom is -0.444 e. The Morgan fingerprint density at radius 3 is 1.93 bits per heavy atom. The quantitative estimate of drug-likeness (QED) is 0.424. The van der Waals surface area contributed by atoms with Gasteiger partial charge in [0.25, 0.3) is 5.91 Å². The number of carbonyl (C=O) groups is 4. The fourth-order valence-electron chi connectivity index (χ4n) is 4.42. The van der Waals surface area contributed by atoms with Gasteiger partial charge < -0.3 is 26.0 Å². The minimum absolute atomic E-state index is 0.431. The van der Waals surface area contributed by atoms with Crippen molar-refractivity contribution in [3.8, 4) is 0 Å². The molecule has 2 rings (SSSR count). The molecule has 0 saturated heterocycles. The van der Waals surface area contributed by atoms with Crippen LogP contribution in [0.1, 0.15) is 81.8 Å². The maximum atomic E-state index is 14.3. The second-order valence-electron chi connectivity index (χ2n) is 12.3. The van der Waals surface area contributed by atoms with E-state index >= 15 is 0 Å². The Morgan fingerprint density at radius 2 is 1.45 bits per heavy atom. The van der Waals surface area contributed by atoms with Crippen molar-refractivity contribution in [2.45, 2.75) is 98.9 Å². The van der Waals surface area contributed by atoms with Crippen LogP contribution in [0.4, 0.5) is 10.5 Å². The van der Waals surface area contributed by atoms with Crippen molar-refractivity contribution in [2.75, 3.05) is 5.32 Å². The van der Waals surface area contributed by atoms with Crippen molar-refractivity contribution in [3.63, 3.8) is 0 Å². The lowest BCUT2D eigenvalue weighted by molar-refractivity contribution is -0.147. The highest BCUT2D eigenvalue weighted by Gasteiger charge is 2.42. The van der Waals surface area contributed by atoms with E-state index < -0.39 is 53.5 Å². The smallest absolute Gasteiger partial charge is 0.408 e. The molecule has 0 bridgehead atoms. The molecule has 40 heavy (non-hydrogen) atoms. The monoisotopic (exact) mass is 552 g/mol. The number of ether oxygens (including phenoxy) is 1. The van der Waals surface area contributed by atoms with Crippen LogP contribution in [0.2, 0.25) is 0 Å². The summed E-state index contributed by atoms with van der Waals surface area (Å²) in [5.74, 6) is -1.86. The third kappa shape index (κ3) is 8.56. The fraction of sp³-hybridized carbons (Fsp3) is 0.484. The predicted molar refractivity (Wildman–Crippen MR) is 157 cm³/mol. The molecule has 2 atom stereocenters. The second-order valence-corrected chi connectivity index (χ2v) is 12.3. The molecular weight excluding hydrogens is 508 g/mol. The van der Waals surface area contributed by atoms with Gasteiger partial charge in [-0.15, -0.1) is 0 Å². The summed E-state index contributed by atoms with van der Waals surface area (Å²) in [5, 5.41) is 5.54. The van der Waals surface area contributed by atoms with Crippen molar-refractivity contribution >= 4 is 29.5 Å². The summed E-state index contributed by atoms with van der Waals surface area (Å²) in [6.07, 6.45) is -1.34. The zero-order valence-corrected chi connectivity index (χ0v) is 25.4. The molecule has 0 radical (unpaired) electrons. The van der Waals surface area contributed by atoms with Crippen LogP contribution in [-0.2, 0) is 19.1 Å². The van der Waals surface area contributed by atoms with Crippen molar-refractivity contribution in [2.24, 2.45) is 5.73 Å². The number of hydrogen-bond acceptors (Lipinski definition) is 5. The SMILES string of the molecule is Cc1ccc(C(C(=O)Nc2c(C)cccc2C)N(C(=O)C(CC(N)=O)NC(=O)OC(C)(C)C)C(C)(C)C)cc1C. The molecule has 0 aliphatic rings. The lowest BCUT2D eigenvalue weighted by Gasteiger charge is -2.43. The highest BCUT2D eigenvalue weighted by atomic mass is 16.6. The Bertz CT molecular complexity index is 1250. The van der Waals surface area contributed by atoms with E-state index in [2.05, 4.69) is 10.6 Å². The number of hydrogen-bond donors (Lipinski definition) is 3. The largest absolute Gasteiger partial charge is 0.444 e. The minimum atomic E-state index is -1.35. The Balaban J connectivity index is 2.68. The van der Waals surface area contributed by atoms with Crippen LogP contribution in [0.15, 0.2) is 36.4 Å². The normalized spacial score (nSPS) is 13.2. The van der Waals surface area contributed by atoms with Gasteiger partial charge in [-0.2, -0.15) is 0 Å². The average molecular weight is 553 g/mol. The number of alkyl carbamates (subject to hydrolysis) is 1. The first-order valence-electron chi connectivity index (χ1n) is 13.4. The molecule has 0 aliphatic heterocycles. The third-order valence-electron chi connectivity index (χ3n) is 6.44. The molecule has 0 aromatic heterocycles. The molecule has 0 fully saturated rings.